The highest BCUT2D eigenvalue weighted by atomic mass is 16.5. The van der Waals surface area contributed by atoms with Crippen molar-refractivity contribution in [1.29, 1.82) is 0 Å². The maximum absolute atomic E-state index is 5.40. The molecule has 1 fully saturated rings. The summed E-state index contributed by atoms with van der Waals surface area (Å²) in [4.78, 5) is 11.3. The molecule has 2 heterocycles. The predicted octanol–water partition coefficient (Wildman–Crippen LogP) is 2.91. The molecule has 1 aromatic heterocycles. The van der Waals surface area contributed by atoms with E-state index in [1.807, 2.05) is 6.20 Å². The molecule has 0 bridgehead atoms. The number of pyridine rings is 1. The van der Waals surface area contributed by atoms with Gasteiger partial charge in [-0.1, -0.05) is 18.2 Å². The lowest BCUT2D eigenvalue weighted by molar-refractivity contribution is 0.411. The van der Waals surface area contributed by atoms with Crippen molar-refractivity contribution in [1.82, 2.24) is 15.6 Å². The third-order valence-corrected chi connectivity index (χ3v) is 5.10. The number of rotatable bonds is 7. The number of hydrogen-bond acceptors (Lipinski definition) is 4. The lowest BCUT2D eigenvalue weighted by Gasteiger charge is -2.16. The van der Waals surface area contributed by atoms with E-state index in [-0.39, 0.29) is 0 Å². The van der Waals surface area contributed by atoms with Gasteiger partial charge in [0.25, 0.3) is 0 Å². The SMILES string of the molecule is CN=C(NCCc1ccc(C)c(OC)c1)NCc1ccc(N2CCCC2)nc1. The molecular weight excluding hydrogens is 350 g/mol. The highest BCUT2D eigenvalue weighted by Gasteiger charge is 2.12. The molecule has 1 aromatic carbocycles. The highest BCUT2D eigenvalue weighted by molar-refractivity contribution is 5.79. The summed E-state index contributed by atoms with van der Waals surface area (Å²) in [5.41, 5.74) is 3.54. The third-order valence-electron chi connectivity index (χ3n) is 5.10. The van der Waals surface area contributed by atoms with E-state index >= 15 is 0 Å². The highest BCUT2D eigenvalue weighted by Crippen LogP contribution is 2.19. The summed E-state index contributed by atoms with van der Waals surface area (Å²) >= 11 is 0. The molecule has 2 aromatic rings. The van der Waals surface area contributed by atoms with Gasteiger partial charge in [-0.2, -0.15) is 0 Å². The number of benzene rings is 1. The Morgan fingerprint density at radius 3 is 2.61 bits per heavy atom. The Morgan fingerprint density at radius 1 is 1.14 bits per heavy atom. The van der Waals surface area contributed by atoms with Crippen molar-refractivity contribution in [3.63, 3.8) is 0 Å². The maximum atomic E-state index is 5.40. The Hall–Kier alpha value is -2.76. The Kier molecular flexibility index (Phi) is 7.12. The normalized spacial score (nSPS) is 14.2. The first-order valence-electron chi connectivity index (χ1n) is 9.97. The van der Waals surface area contributed by atoms with Crippen LogP contribution in [0.3, 0.4) is 0 Å². The zero-order chi connectivity index (χ0) is 19.8. The van der Waals surface area contributed by atoms with Crippen molar-refractivity contribution in [2.75, 3.05) is 38.7 Å². The number of hydrogen-bond donors (Lipinski definition) is 2. The molecule has 3 rings (SSSR count). The average molecular weight is 382 g/mol. The van der Waals surface area contributed by atoms with Crippen LogP contribution in [0.4, 0.5) is 5.82 Å². The second-order valence-electron chi connectivity index (χ2n) is 7.13. The molecule has 6 heteroatoms. The number of aromatic nitrogens is 1. The second kappa shape index (κ2) is 9.97. The van der Waals surface area contributed by atoms with Gasteiger partial charge >= 0.3 is 0 Å². The van der Waals surface area contributed by atoms with Crippen LogP contribution in [0.25, 0.3) is 0 Å². The minimum atomic E-state index is 0.700. The van der Waals surface area contributed by atoms with E-state index < -0.39 is 0 Å². The number of aryl methyl sites for hydroxylation is 1. The molecule has 0 spiro atoms. The molecule has 28 heavy (non-hydrogen) atoms. The number of nitrogens with zero attached hydrogens (tertiary/aromatic N) is 3. The Morgan fingerprint density at radius 2 is 1.93 bits per heavy atom. The molecule has 150 valence electrons. The Bertz CT molecular complexity index is 782. The average Bonchev–Trinajstić information content (AvgIpc) is 3.27. The standard InChI is InChI=1S/C22H31N5O/c1-17-6-7-18(14-20(17)28-3)10-11-24-22(23-2)26-16-19-8-9-21(25-15-19)27-12-4-5-13-27/h6-9,14-15H,4-5,10-13,16H2,1-3H3,(H2,23,24,26). The molecule has 2 N–H and O–H groups in total. The quantitative estimate of drug-likeness (QED) is 0.570. The number of ether oxygens (including phenoxy) is 1. The largest absolute Gasteiger partial charge is 0.496 e. The third kappa shape index (κ3) is 5.38. The fraction of sp³-hybridized carbons (Fsp3) is 0.455. The number of guanidine groups is 1. The van der Waals surface area contributed by atoms with Gasteiger partial charge in [0.2, 0.25) is 0 Å². The Balaban J connectivity index is 1.44. The zero-order valence-electron chi connectivity index (χ0n) is 17.2. The summed E-state index contributed by atoms with van der Waals surface area (Å²) in [5.74, 6) is 2.81. The second-order valence-corrected chi connectivity index (χ2v) is 7.13. The molecule has 0 radical (unpaired) electrons. The summed E-state index contributed by atoms with van der Waals surface area (Å²) in [6.45, 7) is 5.80. The van der Waals surface area contributed by atoms with Gasteiger partial charge in [0.05, 0.1) is 7.11 Å². The van der Waals surface area contributed by atoms with Crippen molar-refractivity contribution in [2.45, 2.75) is 32.7 Å². The van der Waals surface area contributed by atoms with Gasteiger partial charge in [0.1, 0.15) is 11.6 Å². The number of nitrogens with one attached hydrogen (secondary N) is 2. The van der Waals surface area contributed by atoms with Crippen LogP contribution in [0.1, 0.15) is 29.5 Å². The minimum absolute atomic E-state index is 0.700. The first-order valence-corrected chi connectivity index (χ1v) is 9.97. The van der Waals surface area contributed by atoms with Crippen LogP contribution >= 0.6 is 0 Å². The van der Waals surface area contributed by atoms with Gasteiger partial charge in [0, 0.05) is 39.4 Å². The van der Waals surface area contributed by atoms with E-state index in [0.717, 1.165) is 54.7 Å². The molecule has 0 amide bonds. The fourth-order valence-corrected chi connectivity index (χ4v) is 3.41. The topological polar surface area (TPSA) is 61.8 Å². The van der Waals surface area contributed by atoms with Crippen molar-refractivity contribution < 1.29 is 4.74 Å². The first-order chi connectivity index (χ1) is 13.7. The smallest absolute Gasteiger partial charge is 0.191 e. The van der Waals surface area contributed by atoms with E-state index in [9.17, 15) is 0 Å². The minimum Gasteiger partial charge on any atom is -0.496 e. The number of anilines is 1. The van der Waals surface area contributed by atoms with Crippen molar-refractivity contribution in [3.05, 3.63) is 53.2 Å². The van der Waals surface area contributed by atoms with Crippen LogP contribution in [0.5, 0.6) is 5.75 Å². The van der Waals surface area contributed by atoms with Gasteiger partial charge in [-0.05, 0) is 55.0 Å². The van der Waals surface area contributed by atoms with Gasteiger partial charge in [-0.15, -0.1) is 0 Å². The molecule has 6 nitrogen and oxygen atoms in total. The molecule has 1 saturated heterocycles. The van der Waals surface area contributed by atoms with Crippen molar-refractivity contribution in [3.8, 4) is 5.75 Å². The van der Waals surface area contributed by atoms with Gasteiger partial charge in [-0.25, -0.2) is 4.98 Å². The van der Waals surface area contributed by atoms with E-state index in [4.69, 9.17) is 4.74 Å². The summed E-state index contributed by atoms with van der Waals surface area (Å²) in [5, 5.41) is 6.72. The summed E-state index contributed by atoms with van der Waals surface area (Å²) in [7, 11) is 3.50. The van der Waals surface area contributed by atoms with Crippen molar-refractivity contribution >= 4 is 11.8 Å². The van der Waals surface area contributed by atoms with Crippen LogP contribution in [-0.4, -0.2) is 44.7 Å². The van der Waals surface area contributed by atoms with E-state index in [0.29, 0.717) is 6.54 Å². The van der Waals surface area contributed by atoms with E-state index in [2.05, 4.69) is 62.8 Å². The lowest BCUT2D eigenvalue weighted by atomic mass is 10.1. The van der Waals surface area contributed by atoms with E-state index in [1.54, 1.807) is 14.2 Å². The first kappa shape index (κ1) is 20.0. The summed E-state index contributed by atoms with van der Waals surface area (Å²) in [6, 6.07) is 10.6. The fourth-order valence-electron chi connectivity index (χ4n) is 3.41. The molecule has 1 aliphatic heterocycles. The van der Waals surface area contributed by atoms with Gasteiger partial charge in [0.15, 0.2) is 5.96 Å². The zero-order valence-corrected chi connectivity index (χ0v) is 17.2. The van der Waals surface area contributed by atoms with Gasteiger partial charge < -0.3 is 20.3 Å². The predicted molar refractivity (Wildman–Crippen MR) is 115 cm³/mol. The molecule has 1 aliphatic rings. The monoisotopic (exact) mass is 381 g/mol. The van der Waals surface area contributed by atoms with Crippen LogP contribution in [0.15, 0.2) is 41.5 Å². The molecule has 0 atom stereocenters. The molecule has 0 aliphatic carbocycles. The van der Waals surface area contributed by atoms with E-state index in [1.165, 1.54) is 18.4 Å². The molecule has 0 saturated carbocycles. The Labute approximate surface area is 168 Å². The van der Waals surface area contributed by atoms with Crippen LogP contribution in [0, 0.1) is 6.92 Å². The summed E-state index contributed by atoms with van der Waals surface area (Å²) < 4.78 is 5.40. The lowest BCUT2D eigenvalue weighted by Crippen LogP contribution is -2.37. The van der Waals surface area contributed by atoms with Crippen LogP contribution < -0.4 is 20.3 Å². The molecular formula is C22H31N5O. The van der Waals surface area contributed by atoms with Gasteiger partial charge in [-0.3, -0.25) is 4.99 Å². The van der Waals surface area contributed by atoms with Crippen molar-refractivity contribution in [2.24, 2.45) is 4.99 Å². The summed E-state index contributed by atoms with van der Waals surface area (Å²) in [6.07, 6.45) is 5.39. The molecule has 0 unspecified atom stereocenters. The number of aliphatic imine (C=N–C) groups is 1. The van der Waals surface area contributed by atoms with Crippen LogP contribution in [-0.2, 0) is 13.0 Å². The number of methoxy groups -OCH3 is 1. The van der Waals surface area contributed by atoms with Crippen LogP contribution in [0.2, 0.25) is 0 Å². The maximum Gasteiger partial charge on any atom is 0.191 e.